The fourth-order valence-electron chi connectivity index (χ4n) is 5.02. The molecule has 0 N–H and O–H groups in total. The number of rotatable bonds is 8. The SMILES string of the molecule is CN1C(c2nnc(Cc3ccc(F)cc3)o2)=C(OCc2ccccc2)C(=O)N2C=C(CN3CCOCC3)C=CC12. The molecule has 1 unspecified atom stereocenters. The topological polar surface area (TPSA) is 84.2 Å². The molecule has 4 heterocycles. The summed E-state index contributed by atoms with van der Waals surface area (Å²) in [6.45, 7) is 4.07. The van der Waals surface area contributed by atoms with E-state index in [1.54, 1.807) is 17.0 Å². The van der Waals surface area contributed by atoms with Gasteiger partial charge in [0, 0.05) is 32.9 Å². The van der Waals surface area contributed by atoms with Crippen LogP contribution in [0.5, 0.6) is 0 Å². The van der Waals surface area contributed by atoms with Crippen LogP contribution in [0.2, 0.25) is 0 Å². The molecular weight excluding hydrogens is 513 g/mol. The van der Waals surface area contributed by atoms with E-state index in [0.717, 1.165) is 36.3 Å². The zero-order valence-corrected chi connectivity index (χ0v) is 22.2. The first kappa shape index (κ1) is 26.0. The Morgan fingerprint density at radius 3 is 2.58 bits per heavy atom. The second kappa shape index (κ2) is 11.4. The number of benzene rings is 2. The summed E-state index contributed by atoms with van der Waals surface area (Å²) in [5, 5.41) is 8.48. The molecule has 1 aromatic heterocycles. The van der Waals surface area contributed by atoms with Gasteiger partial charge in [0.15, 0.2) is 5.70 Å². The molecule has 3 aliphatic rings. The van der Waals surface area contributed by atoms with E-state index in [1.165, 1.54) is 12.1 Å². The zero-order valence-electron chi connectivity index (χ0n) is 22.2. The minimum absolute atomic E-state index is 0.136. The van der Waals surface area contributed by atoms with E-state index in [0.29, 0.717) is 31.2 Å². The average Bonchev–Trinajstić information content (AvgIpc) is 3.44. The summed E-state index contributed by atoms with van der Waals surface area (Å²) in [7, 11) is 1.88. The van der Waals surface area contributed by atoms with Crippen LogP contribution >= 0.6 is 0 Å². The van der Waals surface area contributed by atoms with E-state index in [1.807, 2.05) is 54.6 Å². The molecule has 3 aromatic rings. The van der Waals surface area contributed by atoms with Gasteiger partial charge in [-0.2, -0.15) is 0 Å². The van der Waals surface area contributed by atoms with Crippen molar-refractivity contribution in [3.8, 4) is 0 Å². The fourth-order valence-corrected chi connectivity index (χ4v) is 5.02. The van der Waals surface area contributed by atoms with Crippen molar-refractivity contribution >= 4 is 11.6 Å². The minimum atomic E-state index is -0.382. The highest BCUT2D eigenvalue weighted by atomic mass is 19.1. The van der Waals surface area contributed by atoms with Crippen LogP contribution in [-0.2, 0) is 27.3 Å². The van der Waals surface area contributed by atoms with E-state index in [9.17, 15) is 9.18 Å². The molecule has 3 aliphatic heterocycles. The van der Waals surface area contributed by atoms with Gasteiger partial charge < -0.3 is 18.8 Å². The lowest BCUT2D eigenvalue weighted by atomic mass is 10.1. The van der Waals surface area contributed by atoms with Gasteiger partial charge >= 0.3 is 0 Å². The number of hydrogen-bond acceptors (Lipinski definition) is 8. The van der Waals surface area contributed by atoms with Crippen molar-refractivity contribution in [2.45, 2.75) is 19.2 Å². The van der Waals surface area contributed by atoms with Gasteiger partial charge in [0.2, 0.25) is 11.6 Å². The van der Waals surface area contributed by atoms with E-state index < -0.39 is 0 Å². The van der Waals surface area contributed by atoms with E-state index >= 15 is 0 Å². The highest BCUT2D eigenvalue weighted by Gasteiger charge is 2.41. The van der Waals surface area contributed by atoms with Crippen molar-refractivity contribution in [2.24, 2.45) is 0 Å². The number of morpholine rings is 1. The Bertz CT molecular complexity index is 1440. The summed E-state index contributed by atoms with van der Waals surface area (Å²) in [4.78, 5) is 19.9. The molecule has 6 rings (SSSR count). The maximum absolute atomic E-state index is 14.0. The first-order valence-corrected chi connectivity index (χ1v) is 13.3. The number of aromatic nitrogens is 2. The molecular formula is C30H30FN5O4. The van der Waals surface area contributed by atoms with Gasteiger partial charge in [0.05, 0.1) is 19.6 Å². The fraction of sp³-hybridized carbons (Fsp3) is 0.300. The third kappa shape index (κ3) is 5.54. The summed E-state index contributed by atoms with van der Waals surface area (Å²) >= 11 is 0. The summed E-state index contributed by atoms with van der Waals surface area (Å²) in [5.74, 6) is 0.0850. The van der Waals surface area contributed by atoms with Gasteiger partial charge in [0.1, 0.15) is 18.6 Å². The van der Waals surface area contributed by atoms with Crippen molar-refractivity contribution in [3.63, 3.8) is 0 Å². The van der Waals surface area contributed by atoms with Crippen LogP contribution in [0.25, 0.3) is 5.70 Å². The van der Waals surface area contributed by atoms with Crippen molar-refractivity contribution in [3.05, 3.63) is 113 Å². The van der Waals surface area contributed by atoms with Crippen LogP contribution in [0, 0.1) is 5.82 Å². The Balaban J connectivity index is 1.31. The van der Waals surface area contributed by atoms with Gasteiger partial charge in [-0.25, -0.2) is 4.39 Å². The summed E-state index contributed by atoms with van der Waals surface area (Å²) in [6.07, 6.45) is 5.91. The molecule has 206 valence electrons. The second-order valence-electron chi connectivity index (χ2n) is 9.94. The van der Waals surface area contributed by atoms with Crippen LogP contribution in [0.15, 0.2) is 88.7 Å². The number of ether oxygens (including phenoxy) is 2. The summed E-state index contributed by atoms with van der Waals surface area (Å²) < 4.78 is 31.0. The molecule has 9 nitrogen and oxygen atoms in total. The number of hydrogen-bond donors (Lipinski definition) is 0. The number of carbonyl (C=O) groups is 1. The van der Waals surface area contributed by atoms with Gasteiger partial charge in [-0.3, -0.25) is 14.6 Å². The third-order valence-corrected chi connectivity index (χ3v) is 7.14. The predicted molar refractivity (Wildman–Crippen MR) is 145 cm³/mol. The maximum atomic E-state index is 14.0. The lowest BCUT2D eigenvalue weighted by Gasteiger charge is -2.42. The predicted octanol–water partition coefficient (Wildman–Crippen LogP) is 3.57. The average molecular weight is 544 g/mol. The smallest absolute Gasteiger partial charge is 0.297 e. The number of fused-ring (bicyclic) bond motifs is 1. The Labute approximate surface area is 231 Å². The van der Waals surface area contributed by atoms with Crippen molar-refractivity contribution in [1.29, 1.82) is 0 Å². The van der Waals surface area contributed by atoms with Crippen molar-refractivity contribution in [2.75, 3.05) is 39.9 Å². The standard InChI is InChI=1S/C30H30FN5O4/c1-34-26-12-9-23(18-35-13-15-38-16-14-35)19-36(26)30(37)28(39-20-22-5-3-2-4-6-22)27(34)29-33-32-25(40-29)17-21-7-10-24(31)11-8-21/h2-12,19,26H,13-18,20H2,1H3. The molecule has 1 saturated heterocycles. The van der Waals surface area contributed by atoms with Gasteiger partial charge in [-0.1, -0.05) is 48.5 Å². The first-order chi connectivity index (χ1) is 19.5. The largest absolute Gasteiger partial charge is 0.481 e. The van der Waals surface area contributed by atoms with Crippen LogP contribution in [0.3, 0.4) is 0 Å². The molecule has 0 bridgehead atoms. The zero-order chi connectivity index (χ0) is 27.5. The minimum Gasteiger partial charge on any atom is -0.481 e. The van der Waals surface area contributed by atoms with Crippen molar-refractivity contribution in [1.82, 2.24) is 24.9 Å². The van der Waals surface area contributed by atoms with Crippen LogP contribution in [0.1, 0.15) is 22.9 Å². The molecule has 1 atom stereocenters. The van der Waals surface area contributed by atoms with Crippen LogP contribution in [-0.4, -0.2) is 76.9 Å². The molecule has 1 amide bonds. The number of carbonyl (C=O) groups excluding carboxylic acids is 1. The summed E-state index contributed by atoms with van der Waals surface area (Å²) in [6, 6.07) is 15.8. The number of amides is 1. The Morgan fingerprint density at radius 1 is 1.02 bits per heavy atom. The van der Waals surface area contributed by atoms with E-state index in [-0.39, 0.29) is 36.1 Å². The van der Waals surface area contributed by atoms with Gasteiger partial charge in [0.25, 0.3) is 11.8 Å². The number of likely N-dealkylation sites (N-methyl/N-ethyl adjacent to an activating group) is 1. The second-order valence-corrected chi connectivity index (χ2v) is 9.94. The highest BCUT2D eigenvalue weighted by molar-refractivity contribution is 6.00. The van der Waals surface area contributed by atoms with Crippen LogP contribution in [0.4, 0.5) is 4.39 Å². The molecule has 2 aromatic carbocycles. The molecule has 0 saturated carbocycles. The molecule has 0 aliphatic carbocycles. The molecule has 0 radical (unpaired) electrons. The normalized spacial score (nSPS) is 19.6. The Kier molecular flexibility index (Phi) is 7.43. The lowest BCUT2D eigenvalue weighted by Crippen LogP contribution is -2.52. The van der Waals surface area contributed by atoms with Crippen LogP contribution < -0.4 is 0 Å². The monoisotopic (exact) mass is 543 g/mol. The Hall–Kier alpha value is -4.28. The van der Waals surface area contributed by atoms with Gasteiger partial charge in [-0.15, -0.1) is 10.2 Å². The Morgan fingerprint density at radius 2 is 1.80 bits per heavy atom. The third-order valence-electron chi connectivity index (χ3n) is 7.14. The molecule has 40 heavy (non-hydrogen) atoms. The summed E-state index contributed by atoms with van der Waals surface area (Å²) in [5.41, 5.74) is 3.22. The molecule has 0 spiro atoms. The molecule has 10 heteroatoms. The van der Waals surface area contributed by atoms with E-state index in [2.05, 4.69) is 21.2 Å². The quantitative estimate of drug-likeness (QED) is 0.427. The maximum Gasteiger partial charge on any atom is 0.297 e. The first-order valence-electron chi connectivity index (χ1n) is 13.3. The molecule has 1 fully saturated rings. The highest BCUT2D eigenvalue weighted by Crippen LogP contribution is 2.35. The van der Waals surface area contributed by atoms with Crippen molar-refractivity contribution < 1.29 is 23.1 Å². The van der Waals surface area contributed by atoms with E-state index in [4.69, 9.17) is 13.9 Å². The number of halogens is 1. The lowest BCUT2D eigenvalue weighted by molar-refractivity contribution is -0.133. The number of nitrogens with zero attached hydrogens (tertiary/aromatic N) is 5. The van der Waals surface area contributed by atoms with Gasteiger partial charge in [-0.05, 0) is 34.9 Å².